The zero-order valence-corrected chi connectivity index (χ0v) is 14.7. The molecule has 0 saturated carbocycles. The first-order valence-corrected chi connectivity index (χ1v) is 9.10. The highest BCUT2D eigenvalue weighted by Crippen LogP contribution is 2.35. The van der Waals surface area contributed by atoms with Crippen LogP contribution in [0.5, 0.6) is 5.75 Å². The third kappa shape index (κ3) is 2.57. The fraction of sp³-hybridized carbons (Fsp3) is 0.278. The Balaban J connectivity index is 2.16. The summed E-state index contributed by atoms with van der Waals surface area (Å²) in [5.41, 5.74) is 2.34. The highest BCUT2D eigenvalue weighted by Gasteiger charge is 2.34. The number of hydrogen-bond donors (Lipinski definition) is 0. The number of nitrogens with zero attached hydrogens (tertiary/aromatic N) is 1. The van der Waals surface area contributed by atoms with Crippen molar-refractivity contribution in [3.8, 4) is 5.75 Å². The first kappa shape index (κ1) is 16.5. The molecule has 0 aliphatic carbocycles. The van der Waals surface area contributed by atoms with E-state index < -0.39 is 10.0 Å². The van der Waals surface area contributed by atoms with Gasteiger partial charge in [0.25, 0.3) is 10.0 Å². The average molecular weight is 345 g/mol. The minimum absolute atomic E-state index is 0.0217. The van der Waals surface area contributed by atoms with Crippen LogP contribution in [0.3, 0.4) is 0 Å². The van der Waals surface area contributed by atoms with Crippen LogP contribution in [0, 0.1) is 13.8 Å². The standard InChI is InChI=1S/C18H19NO4S/c1-12-5-4-6-15-16(20)9-10-19(18(12)15)24(21,22)17-8-7-14(23-3)11-13(17)2/h4-8,11H,9-10H2,1-3H3. The summed E-state index contributed by atoms with van der Waals surface area (Å²) >= 11 is 0. The Morgan fingerprint density at radius 3 is 2.50 bits per heavy atom. The fourth-order valence-corrected chi connectivity index (χ4v) is 4.82. The van der Waals surface area contributed by atoms with Gasteiger partial charge in [-0.05, 0) is 49.2 Å². The molecule has 3 rings (SSSR count). The number of methoxy groups -OCH3 is 1. The molecule has 6 heteroatoms. The maximum atomic E-state index is 13.2. The predicted octanol–water partition coefficient (Wildman–Crippen LogP) is 3.09. The lowest BCUT2D eigenvalue weighted by Crippen LogP contribution is -2.38. The van der Waals surface area contributed by atoms with Gasteiger partial charge in [0.2, 0.25) is 0 Å². The highest BCUT2D eigenvalue weighted by molar-refractivity contribution is 7.93. The zero-order chi connectivity index (χ0) is 17.5. The van der Waals surface area contributed by atoms with Crippen molar-refractivity contribution in [2.75, 3.05) is 18.0 Å². The van der Waals surface area contributed by atoms with Crippen LogP contribution in [0.1, 0.15) is 27.9 Å². The zero-order valence-electron chi connectivity index (χ0n) is 13.9. The van der Waals surface area contributed by atoms with Gasteiger partial charge in [-0.25, -0.2) is 8.42 Å². The average Bonchev–Trinajstić information content (AvgIpc) is 2.55. The number of hydrogen-bond acceptors (Lipinski definition) is 4. The molecule has 0 radical (unpaired) electrons. The number of rotatable bonds is 3. The van der Waals surface area contributed by atoms with Crippen molar-refractivity contribution in [1.29, 1.82) is 0 Å². The van der Waals surface area contributed by atoms with E-state index in [0.29, 0.717) is 22.6 Å². The number of fused-ring (bicyclic) bond motifs is 1. The summed E-state index contributed by atoms with van der Waals surface area (Å²) in [6, 6.07) is 10.2. The van der Waals surface area contributed by atoms with E-state index in [2.05, 4.69) is 0 Å². The first-order chi connectivity index (χ1) is 11.4. The molecule has 0 bridgehead atoms. The maximum Gasteiger partial charge on any atom is 0.264 e. The lowest BCUT2D eigenvalue weighted by atomic mass is 9.99. The second kappa shape index (κ2) is 5.94. The molecular weight excluding hydrogens is 326 g/mol. The monoisotopic (exact) mass is 345 g/mol. The molecule has 0 N–H and O–H groups in total. The summed E-state index contributed by atoms with van der Waals surface area (Å²) in [5, 5.41) is 0. The van der Waals surface area contributed by atoms with E-state index in [4.69, 9.17) is 4.74 Å². The summed E-state index contributed by atoms with van der Waals surface area (Å²) < 4.78 is 32.9. The summed E-state index contributed by atoms with van der Waals surface area (Å²) in [6.45, 7) is 3.72. The van der Waals surface area contributed by atoms with E-state index in [9.17, 15) is 13.2 Å². The summed E-state index contributed by atoms with van der Waals surface area (Å²) in [6.07, 6.45) is 0.185. The number of anilines is 1. The second-order valence-corrected chi connectivity index (χ2v) is 7.68. The van der Waals surface area contributed by atoms with Gasteiger partial charge in [-0.2, -0.15) is 0 Å². The first-order valence-electron chi connectivity index (χ1n) is 7.66. The topological polar surface area (TPSA) is 63.7 Å². The second-order valence-electron chi connectivity index (χ2n) is 5.85. The number of para-hydroxylation sites is 1. The van der Waals surface area contributed by atoms with Gasteiger partial charge in [0.05, 0.1) is 17.7 Å². The molecule has 1 aliphatic heterocycles. The molecule has 2 aromatic carbocycles. The molecule has 126 valence electrons. The number of ketones is 1. The Hall–Kier alpha value is -2.34. The lowest BCUT2D eigenvalue weighted by Gasteiger charge is -2.31. The van der Waals surface area contributed by atoms with Crippen molar-refractivity contribution in [1.82, 2.24) is 0 Å². The third-order valence-electron chi connectivity index (χ3n) is 4.28. The van der Waals surface area contributed by atoms with Crippen LogP contribution in [0.25, 0.3) is 0 Å². The molecule has 1 heterocycles. The molecule has 5 nitrogen and oxygen atoms in total. The van der Waals surface area contributed by atoms with Crippen LogP contribution in [0.15, 0.2) is 41.3 Å². The number of sulfonamides is 1. The molecule has 0 saturated heterocycles. The molecule has 0 spiro atoms. The minimum Gasteiger partial charge on any atom is -0.497 e. The Morgan fingerprint density at radius 2 is 1.83 bits per heavy atom. The Kier molecular flexibility index (Phi) is 4.09. The van der Waals surface area contributed by atoms with Gasteiger partial charge in [-0.15, -0.1) is 0 Å². The SMILES string of the molecule is COc1ccc(S(=O)(=O)N2CCC(=O)c3cccc(C)c32)c(C)c1. The van der Waals surface area contributed by atoms with Gasteiger partial charge in [0.15, 0.2) is 5.78 Å². The molecule has 0 fully saturated rings. The van der Waals surface area contributed by atoms with Crippen LogP contribution >= 0.6 is 0 Å². The lowest BCUT2D eigenvalue weighted by molar-refractivity contribution is 0.0982. The predicted molar refractivity (Wildman–Crippen MR) is 92.4 cm³/mol. The molecule has 24 heavy (non-hydrogen) atoms. The van der Waals surface area contributed by atoms with Gasteiger partial charge in [0, 0.05) is 18.5 Å². The van der Waals surface area contributed by atoms with Gasteiger partial charge in [-0.3, -0.25) is 9.10 Å². The quantitative estimate of drug-likeness (QED) is 0.857. The van der Waals surface area contributed by atoms with E-state index in [1.165, 1.54) is 4.31 Å². The van der Waals surface area contributed by atoms with Crippen LogP contribution in [0.4, 0.5) is 5.69 Å². The minimum atomic E-state index is -3.75. The van der Waals surface area contributed by atoms with Crippen molar-refractivity contribution in [3.63, 3.8) is 0 Å². The van der Waals surface area contributed by atoms with Gasteiger partial charge < -0.3 is 4.74 Å². The number of Topliss-reactive ketones (excluding diaryl/α,β-unsaturated/α-hetero) is 1. The van der Waals surface area contributed by atoms with Gasteiger partial charge in [-0.1, -0.05) is 12.1 Å². The maximum absolute atomic E-state index is 13.2. The molecule has 0 amide bonds. The molecule has 0 atom stereocenters. The molecule has 2 aromatic rings. The van der Waals surface area contributed by atoms with Crippen molar-refractivity contribution < 1.29 is 17.9 Å². The number of carbonyl (C=O) groups is 1. The smallest absolute Gasteiger partial charge is 0.264 e. The Morgan fingerprint density at radius 1 is 1.08 bits per heavy atom. The Labute approximate surface area is 141 Å². The van der Waals surface area contributed by atoms with E-state index in [1.807, 2.05) is 13.0 Å². The largest absolute Gasteiger partial charge is 0.497 e. The van der Waals surface area contributed by atoms with E-state index in [0.717, 1.165) is 5.56 Å². The normalized spacial score (nSPS) is 14.5. The van der Waals surface area contributed by atoms with Gasteiger partial charge in [0.1, 0.15) is 5.75 Å². The van der Waals surface area contributed by atoms with Crippen LogP contribution in [0.2, 0.25) is 0 Å². The van der Waals surface area contributed by atoms with Gasteiger partial charge >= 0.3 is 0 Å². The van der Waals surface area contributed by atoms with Crippen molar-refractivity contribution in [2.45, 2.75) is 25.2 Å². The molecule has 0 aromatic heterocycles. The van der Waals surface area contributed by atoms with Crippen LogP contribution in [-0.4, -0.2) is 27.9 Å². The number of benzene rings is 2. The Bertz CT molecular complexity index is 919. The number of carbonyl (C=O) groups excluding carboxylic acids is 1. The van der Waals surface area contributed by atoms with Crippen LogP contribution in [-0.2, 0) is 10.0 Å². The highest BCUT2D eigenvalue weighted by atomic mass is 32.2. The number of ether oxygens (including phenoxy) is 1. The van der Waals surface area contributed by atoms with Crippen molar-refractivity contribution >= 4 is 21.5 Å². The molecular formula is C18H19NO4S. The molecule has 0 unspecified atom stereocenters. The van der Waals surface area contributed by atoms with Crippen LogP contribution < -0.4 is 9.04 Å². The van der Waals surface area contributed by atoms with E-state index in [1.54, 1.807) is 44.4 Å². The summed E-state index contributed by atoms with van der Waals surface area (Å²) in [5.74, 6) is 0.587. The van der Waals surface area contributed by atoms with Crippen molar-refractivity contribution in [2.24, 2.45) is 0 Å². The summed E-state index contributed by atoms with van der Waals surface area (Å²) in [4.78, 5) is 12.4. The fourth-order valence-electron chi connectivity index (χ4n) is 3.06. The summed E-state index contributed by atoms with van der Waals surface area (Å²) in [7, 11) is -2.21. The molecule has 1 aliphatic rings. The van der Waals surface area contributed by atoms with E-state index >= 15 is 0 Å². The van der Waals surface area contributed by atoms with Crippen molar-refractivity contribution in [3.05, 3.63) is 53.1 Å². The third-order valence-corrected chi connectivity index (χ3v) is 6.24. The number of aryl methyl sites for hydroxylation is 2. The van der Waals surface area contributed by atoms with E-state index in [-0.39, 0.29) is 23.6 Å².